The van der Waals surface area contributed by atoms with Crippen molar-refractivity contribution in [3.63, 3.8) is 0 Å². The molecule has 1 aromatic carbocycles. The summed E-state index contributed by atoms with van der Waals surface area (Å²) in [6.07, 6.45) is 2.63. The van der Waals surface area contributed by atoms with Gasteiger partial charge in [0.15, 0.2) is 5.16 Å². The molecule has 0 radical (unpaired) electrons. The van der Waals surface area contributed by atoms with Gasteiger partial charge in [0.2, 0.25) is 11.9 Å². The number of aryl methyl sites for hydroxylation is 1. The Balaban J connectivity index is 1.55. The van der Waals surface area contributed by atoms with Crippen molar-refractivity contribution in [3.8, 4) is 5.69 Å². The summed E-state index contributed by atoms with van der Waals surface area (Å²) < 4.78 is 9.33. The van der Waals surface area contributed by atoms with Crippen molar-refractivity contribution in [2.75, 3.05) is 42.3 Å². The highest BCUT2D eigenvalue weighted by Gasteiger charge is 2.22. The monoisotopic (exact) mass is 455 g/mol. The highest BCUT2D eigenvalue weighted by Crippen LogP contribution is 2.28. The quantitative estimate of drug-likeness (QED) is 0.522. The zero-order valence-corrected chi connectivity index (χ0v) is 19.5. The lowest BCUT2D eigenvalue weighted by Crippen LogP contribution is -2.37. The fraction of sp³-hybridized carbons (Fsp3) is 0.455. The van der Waals surface area contributed by atoms with Gasteiger partial charge in [-0.1, -0.05) is 30.8 Å². The number of carbonyl (C=O) groups is 1. The Bertz CT molecular complexity index is 1060. The van der Waals surface area contributed by atoms with Crippen LogP contribution >= 0.6 is 11.8 Å². The minimum Gasteiger partial charge on any atom is -0.378 e. The molecule has 3 aromatic rings. The number of ether oxygens (including phenoxy) is 1. The molecule has 0 aliphatic carbocycles. The number of benzene rings is 1. The van der Waals surface area contributed by atoms with Crippen molar-refractivity contribution in [1.29, 1.82) is 0 Å². The second-order valence-corrected chi connectivity index (χ2v) is 8.77. The summed E-state index contributed by atoms with van der Waals surface area (Å²) in [5.41, 5.74) is 2.23. The summed E-state index contributed by atoms with van der Waals surface area (Å²) in [7, 11) is 0. The number of carbonyl (C=O) groups excluding carboxylic acids is 1. The molecule has 1 saturated heterocycles. The molecular weight excluding hydrogens is 426 g/mol. The van der Waals surface area contributed by atoms with E-state index >= 15 is 0 Å². The van der Waals surface area contributed by atoms with Gasteiger partial charge in [0.1, 0.15) is 5.82 Å². The summed E-state index contributed by atoms with van der Waals surface area (Å²) in [5, 5.41) is 16.8. The summed E-state index contributed by atoms with van der Waals surface area (Å²) in [6, 6.07) is 10.3. The molecule has 32 heavy (non-hydrogen) atoms. The topological polar surface area (TPSA) is 90.1 Å². The summed E-state index contributed by atoms with van der Waals surface area (Å²) >= 11 is 1.37. The Kier molecular flexibility index (Phi) is 7.11. The average Bonchev–Trinajstić information content (AvgIpc) is 3.45. The van der Waals surface area contributed by atoms with Crippen molar-refractivity contribution < 1.29 is 9.53 Å². The van der Waals surface area contributed by atoms with E-state index in [1.807, 2.05) is 24.5 Å². The van der Waals surface area contributed by atoms with Gasteiger partial charge in [-0.05, 0) is 38.0 Å². The number of aromatic nitrogens is 5. The summed E-state index contributed by atoms with van der Waals surface area (Å²) in [5.74, 6) is 1.58. The van der Waals surface area contributed by atoms with E-state index in [-0.39, 0.29) is 17.7 Å². The van der Waals surface area contributed by atoms with Crippen LogP contribution in [0.25, 0.3) is 5.69 Å². The Morgan fingerprint density at radius 1 is 1.22 bits per heavy atom. The van der Waals surface area contributed by atoms with E-state index in [2.05, 4.69) is 50.6 Å². The molecule has 1 aliphatic rings. The molecule has 1 aliphatic heterocycles. The van der Waals surface area contributed by atoms with Crippen molar-refractivity contribution >= 4 is 29.4 Å². The van der Waals surface area contributed by atoms with Crippen LogP contribution in [-0.4, -0.2) is 62.5 Å². The van der Waals surface area contributed by atoms with Gasteiger partial charge in [0, 0.05) is 25.2 Å². The van der Waals surface area contributed by atoms with E-state index in [0.717, 1.165) is 31.1 Å². The molecule has 170 valence electrons. The van der Waals surface area contributed by atoms with Gasteiger partial charge in [-0.25, -0.2) is 4.68 Å². The minimum absolute atomic E-state index is 0.109. The molecular formula is C22H29N7O2S. The smallest absolute Gasteiger partial charge is 0.235 e. The number of hydrogen-bond acceptors (Lipinski definition) is 7. The van der Waals surface area contributed by atoms with Gasteiger partial charge in [0.05, 0.1) is 30.9 Å². The van der Waals surface area contributed by atoms with Crippen molar-refractivity contribution in [3.05, 3.63) is 42.1 Å². The predicted molar refractivity (Wildman–Crippen MR) is 126 cm³/mol. The first-order valence-corrected chi connectivity index (χ1v) is 11.9. The first kappa shape index (κ1) is 22.3. The molecule has 9 nitrogen and oxygen atoms in total. The van der Waals surface area contributed by atoms with Crippen LogP contribution in [-0.2, 0) is 16.0 Å². The molecule has 10 heteroatoms. The van der Waals surface area contributed by atoms with Gasteiger partial charge in [0.25, 0.3) is 0 Å². The van der Waals surface area contributed by atoms with Crippen LogP contribution in [0, 0.1) is 0 Å². The molecule has 0 atom stereocenters. The highest BCUT2D eigenvalue weighted by molar-refractivity contribution is 7.99. The predicted octanol–water partition coefficient (Wildman–Crippen LogP) is 3.17. The number of anilines is 2. The van der Waals surface area contributed by atoms with Crippen LogP contribution in [0.1, 0.15) is 32.4 Å². The van der Waals surface area contributed by atoms with E-state index in [1.54, 1.807) is 16.9 Å². The number of hydrogen-bond donors (Lipinski definition) is 1. The van der Waals surface area contributed by atoms with E-state index in [0.29, 0.717) is 24.2 Å². The molecule has 2 aromatic heterocycles. The van der Waals surface area contributed by atoms with Gasteiger partial charge in [-0.3, -0.25) is 9.36 Å². The maximum absolute atomic E-state index is 12.7. The fourth-order valence-corrected chi connectivity index (χ4v) is 4.35. The van der Waals surface area contributed by atoms with Gasteiger partial charge < -0.3 is 15.0 Å². The third-order valence-electron chi connectivity index (χ3n) is 5.25. The molecule has 1 amide bonds. The Morgan fingerprint density at radius 2 is 2.03 bits per heavy atom. The SMILES string of the molecule is CCc1cccc(-n2c(SCC(=O)Nc3ccnn3C(C)C)nnc2N2CCOCC2)c1. The highest BCUT2D eigenvalue weighted by atomic mass is 32.2. The van der Waals surface area contributed by atoms with E-state index in [1.165, 1.54) is 17.3 Å². The standard InChI is InChI=1S/C22H29N7O2S/c1-4-17-6-5-7-18(14-17)28-21(27-10-12-31-13-11-27)25-26-22(28)32-15-20(30)24-19-8-9-23-29(19)16(2)3/h5-9,14,16H,4,10-13,15H2,1-3H3,(H,24,30). The largest absolute Gasteiger partial charge is 0.378 e. The third kappa shape index (κ3) is 4.97. The summed E-state index contributed by atoms with van der Waals surface area (Å²) in [6.45, 7) is 9.03. The Hall–Kier alpha value is -2.85. The van der Waals surface area contributed by atoms with Crippen LogP contribution in [0.4, 0.5) is 11.8 Å². The first-order valence-electron chi connectivity index (χ1n) is 10.9. The number of thioether (sulfide) groups is 1. The molecule has 1 fully saturated rings. The number of nitrogens with one attached hydrogen (secondary N) is 1. The second-order valence-electron chi connectivity index (χ2n) is 7.83. The lowest BCUT2D eigenvalue weighted by Gasteiger charge is -2.28. The van der Waals surface area contributed by atoms with Crippen LogP contribution in [0.15, 0.2) is 41.7 Å². The zero-order valence-electron chi connectivity index (χ0n) is 18.7. The maximum atomic E-state index is 12.7. The lowest BCUT2D eigenvalue weighted by molar-refractivity contribution is -0.113. The first-order chi connectivity index (χ1) is 15.6. The van der Waals surface area contributed by atoms with Crippen LogP contribution in [0.3, 0.4) is 0 Å². The minimum atomic E-state index is -0.109. The maximum Gasteiger partial charge on any atom is 0.235 e. The van der Waals surface area contributed by atoms with Crippen molar-refractivity contribution in [2.24, 2.45) is 0 Å². The second kappa shape index (κ2) is 10.2. The molecule has 3 heterocycles. The van der Waals surface area contributed by atoms with E-state index in [9.17, 15) is 4.79 Å². The van der Waals surface area contributed by atoms with Crippen LogP contribution < -0.4 is 10.2 Å². The molecule has 0 bridgehead atoms. The number of nitrogens with zero attached hydrogens (tertiary/aromatic N) is 6. The zero-order chi connectivity index (χ0) is 22.5. The van der Waals surface area contributed by atoms with E-state index < -0.39 is 0 Å². The fourth-order valence-electron chi connectivity index (χ4n) is 3.60. The number of morpholine rings is 1. The average molecular weight is 456 g/mol. The summed E-state index contributed by atoms with van der Waals surface area (Å²) in [4.78, 5) is 14.8. The Labute approximate surface area is 192 Å². The molecule has 0 unspecified atom stereocenters. The Morgan fingerprint density at radius 3 is 2.78 bits per heavy atom. The molecule has 0 saturated carbocycles. The number of amides is 1. The third-order valence-corrected chi connectivity index (χ3v) is 6.18. The van der Waals surface area contributed by atoms with E-state index in [4.69, 9.17) is 4.74 Å². The van der Waals surface area contributed by atoms with Gasteiger partial charge >= 0.3 is 0 Å². The van der Waals surface area contributed by atoms with Crippen LogP contribution in [0.5, 0.6) is 0 Å². The van der Waals surface area contributed by atoms with Gasteiger partial charge in [-0.2, -0.15) is 5.10 Å². The number of rotatable bonds is 8. The van der Waals surface area contributed by atoms with Crippen molar-refractivity contribution in [1.82, 2.24) is 24.5 Å². The molecule has 4 rings (SSSR count). The van der Waals surface area contributed by atoms with Crippen LogP contribution in [0.2, 0.25) is 0 Å². The van der Waals surface area contributed by atoms with Crippen molar-refractivity contribution in [2.45, 2.75) is 38.4 Å². The normalized spacial score (nSPS) is 14.2. The lowest BCUT2D eigenvalue weighted by atomic mass is 10.1. The van der Waals surface area contributed by atoms with Gasteiger partial charge in [-0.15, -0.1) is 10.2 Å². The molecule has 1 N–H and O–H groups in total. The molecule has 0 spiro atoms.